The molecule has 0 radical (unpaired) electrons. The normalized spacial score (nSPS) is 10.7. The van der Waals surface area contributed by atoms with Crippen molar-refractivity contribution in [3.63, 3.8) is 0 Å². The van der Waals surface area contributed by atoms with Gasteiger partial charge in [0.05, 0.1) is 11.4 Å². The van der Waals surface area contributed by atoms with E-state index in [4.69, 9.17) is 4.52 Å². The first-order valence-corrected chi connectivity index (χ1v) is 7.03. The summed E-state index contributed by atoms with van der Waals surface area (Å²) in [5.74, 6) is 2.39. The van der Waals surface area contributed by atoms with Crippen molar-refractivity contribution in [2.75, 3.05) is 11.1 Å². The number of carbonyl (C=O) groups is 1. The zero-order valence-corrected chi connectivity index (χ0v) is 11.9. The summed E-state index contributed by atoms with van der Waals surface area (Å²) >= 11 is 1.52. The van der Waals surface area contributed by atoms with Crippen LogP contribution >= 0.6 is 11.8 Å². The summed E-state index contributed by atoms with van der Waals surface area (Å²) in [6.07, 6.45) is 0. The highest BCUT2D eigenvalue weighted by Gasteiger charge is 2.10. The number of nitrogens with zero attached hydrogens (tertiary/aromatic N) is 2. The van der Waals surface area contributed by atoms with Crippen molar-refractivity contribution in [2.24, 2.45) is 0 Å². The van der Waals surface area contributed by atoms with Gasteiger partial charge in [-0.15, -0.1) is 11.8 Å². The van der Waals surface area contributed by atoms with Crippen LogP contribution in [0.3, 0.4) is 0 Å². The minimum atomic E-state index is -0.0664. The van der Waals surface area contributed by atoms with Crippen molar-refractivity contribution >= 4 is 23.5 Å². The van der Waals surface area contributed by atoms with Crippen LogP contribution in [0.15, 0.2) is 10.6 Å². The SMILES string of the molecule is Cc1cc(NC(=O)CSCc2c(C)noc2C)n[nH]1. The zero-order valence-electron chi connectivity index (χ0n) is 11.1. The molecule has 6 nitrogen and oxygen atoms in total. The van der Waals surface area contributed by atoms with Gasteiger partial charge in [-0.1, -0.05) is 5.16 Å². The predicted octanol–water partition coefficient (Wildman–Crippen LogP) is 2.19. The third kappa shape index (κ3) is 3.60. The van der Waals surface area contributed by atoms with Crippen molar-refractivity contribution in [1.82, 2.24) is 15.4 Å². The summed E-state index contributed by atoms with van der Waals surface area (Å²) in [4.78, 5) is 11.7. The highest BCUT2D eigenvalue weighted by Crippen LogP contribution is 2.19. The molecule has 0 saturated heterocycles. The minimum Gasteiger partial charge on any atom is -0.361 e. The van der Waals surface area contributed by atoms with Gasteiger partial charge < -0.3 is 9.84 Å². The van der Waals surface area contributed by atoms with Gasteiger partial charge in [-0.05, 0) is 20.8 Å². The number of hydrogen-bond donors (Lipinski definition) is 2. The maximum atomic E-state index is 11.7. The Morgan fingerprint density at radius 2 is 2.26 bits per heavy atom. The third-order valence-electron chi connectivity index (χ3n) is 2.63. The van der Waals surface area contributed by atoms with Gasteiger partial charge in [0.2, 0.25) is 5.91 Å². The Morgan fingerprint density at radius 3 is 2.84 bits per heavy atom. The number of H-pyrrole nitrogens is 1. The molecule has 0 bridgehead atoms. The molecule has 0 unspecified atom stereocenters. The van der Waals surface area contributed by atoms with Crippen molar-refractivity contribution in [2.45, 2.75) is 26.5 Å². The minimum absolute atomic E-state index is 0.0664. The number of aryl methyl sites for hydroxylation is 3. The molecule has 0 aliphatic heterocycles. The number of hydrogen-bond acceptors (Lipinski definition) is 5. The summed E-state index contributed by atoms with van der Waals surface area (Å²) in [6.45, 7) is 5.66. The molecule has 2 heterocycles. The fourth-order valence-electron chi connectivity index (χ4n) is 1.61. The van der Waals surface area contributed by atoms with Crippen LogP contribution in [0.1, 0.15) is 22.7 Å². The Bertz CT molecular complexity index is 557. The first kappa shape index (κ1) is 13.7. The van der Waals surface area contributed by atoms with E-state index in [2.05, 4.69) is 20.7 Å². The van der Waals surface area contributed by atoms with Crippen molar-refractivity contribution < 1.29 is 9.32 Å². The summed E-state index contributed by atoms with van der Waals surface area (Å²) < 4.78 is 5.07. The van der Waals surface area contributed by atoms with Crippen LogP contribution in [-0.4, -0.2) is 27.0 Å². The summed E-state index contributed by atoms with van der Waals surface area (Å²) in [5, 5.41) is 13.3. The van der Waals surface area contributed by atoms with Crippen LogP contribution in [0.4, 0.5) is 5.82 Å². The monoisotopic (exact) mass is 280 g/mol. The van der Waals surface area contributed by atoms with Crippen LogP contribution in [0, 0.1) is 20.8 Å². The second-order valence-corrected chi connectivity index (χ2v) is 5.27. The summed E-state index contributed by atoms with van der Waals surface area (Å²) in [7, 11) is 0. The average molecular weight is 280 g/mol. The smallest absolute Gasteiger partial charge is 0.235 e. The number of aromatic amines is 1. The van der Waals surface area contributed by atoms with Crippen molar-refractivity contribution in [3.05, 3.63) is 28.8 Å². The number of amides is 1. The van der Waals surface area contributed by atoms with E-state index < -0.39 is 0 Å². The molecule has 2 N–H and O–H groups in total. The molecule has 19 heavy (non-hydrogen) atoms. The van der Waals surface area contributed by atoms with E-state index in [1.807, 2.05) is 20.8 Å². The molecule has 0 aromatic carbocycles. The van der Waals surface area contributed by atoms with Crippen LogP contribution < -0.4 is 5.32 Å². The number of anilines is 1. The van der Waals surface area contributed by atoms with Gasteiger partial charge >= 0.3 is 0 Å². The lowest BCUT2D eigenvalue weighted by atomic mass is 10.2. The molecule has 0 fully saturated rings. The molecule has 2 rings (SSSR count). The van der Waals surface area contributed by atoms with Crippen molar-refractivity contribution in [3.8, 4) is 0 Å². The van der Waals surface area contributed by atoms with Crippen LogP contribution in [0.2, 0.25) is 0 Å². The van der Waals surface area contributed by atoms with E-state index in [0.717, 1.165) is 22.7 Å². The molecule has 2 aromatic rings. The van der Waals surface area contributed by atoms with E-state index >= 15 is 0 Å². The van der Waals surface area contributed by atoms with Gasteiger partial charge in [0.1, 0.15) is 5.76 Å². The van der Waals surface area contributed by atoms with E-state index in [1.54, 1.807) is 6.07 Å². The van der Waals surface area contributed by atoms with Crippen LogP contribution in [0.25, 0.3) is 0 Å². The predicted molar refractivity (Wildman–Crippen MR) is 74.1 cm³/mol. The standard InChI is InChI=1S/C12H16N4O2S/c1-7-4-11(15-14-7)13-12(17)6-19-5-10-8(2)16-18-9(10)3/h4H,5-6H2,1-3H3,(H2,13,14,15,17). The highest BCUT2D eigenvalue weighted by atomic mass is 32.2. The number of thioether (sulfide) groups is 1. The fraction of sp³-hybridized carbons (Fsp3) is 0.417. The van der Waals surface area contributed by atoms with Gasteiger partial charge in [-0.3, -0.25) is 9.89 Å². The Labute approximate surface area is 115 Å². The number of carbonyl (C=O) groups excluding carboxylic acids is 1. The first-order valence-electron chi connectivity index (χ1n) is 5.87. The maximum absolute atomic E-state index is 11.7. The second-order valence-electron chi connectivity index (χ2n) is 4.28. The Morgan fingerprint density at radius 1 is 1.47 bits per heavy atom. The van der Waals surface area contributed by atoms with Crippen molar-refractivity contribution in [1.29, 1.82) is 0 Å². The summed E-state index contributed by atoms with van der Waals surface area (Å²) in [5.41, 5.74) is 2.86. The molecule has 1 amide bonds. The Hall–Kier alpha value is -1.76. The molecule has 0 atom stereocenters. The van der Waals surface area contributed by atoms with E-state index in [0.29, 0.717) is 17.3 Å². The topological polar surface area (TPSA) is 83.8 Å². The maximum Gasteiger partial charge on any atom is 0.235 e. The molecule has 0 aliphatic carbocycles. The highest BCUT2D eigenvalue weighted by molar-refractivity contribution is 7.99. The van der Waals surface area contributed by atoms with Gasteiger partial charge in [0.25, 0.3) is 0 Å². The largest absolute Gasteiger partial charge is 0.361 e. The quantitative estimate of drug-likeness (QED) is 0.877. The molecule has 0 aliphatic rings. The number of aromatic nitrogens is 3. The van der Waals surface area contributed by atoms with E-state index in [-0.39, 0.29) is 5.91 Å². The lowest BCUT2D eigenvalue weighted by Crippen LogP contribution is -2.14. The van der Waals surface area contributed by atoms with Gasteiger partial charge in [0, 0.05) is 23.1 Å². The number of nitrogens with one attached hydrogen (secondary N) is 2. The van der Waals surface area contributed by atoms with E-state index in [9.17, 15) is 4.79 Å². The lowest BCUT2D eigenvalue weighted by molar-refractivity contribution is -0.113. The van der Waals surface area contributed by atoms with Crippen LogP contribution in [-0.2, 0) is 10.5 Å². The summed E-state index contributed by atoms with van der Waals surface area (Å²) in [6, 6.07) is 1.79. The molecule has 2 aromatic heterocycles. The molecule has 0 saturated carbocycles. The first-order chi connectivity index (χ1) is 9.06. The fourth-order valence-corrected chi connectivity index (χ4v) is 2.59. The lowest BCUT2D eigenvalue weighted by Gasteiger charge is -2.02. The Kier molecular flexibility index (Phi) is 4.26. The third-order valence-corrected chi connectivity index (χ3v) is 3.59. The molecule has 102 valence electrons. The second kappa shape index (κ2) is 5.92. The van der Waals surface area contributed by atoms with E-state index in [1.165, 1.54) is 11.8 Å². The van der Waals surface area contributed by atoms with Gasteiger partial charge in [-0.2, -0.15) is 5.10 Å². The molecule has 7 heteroatoms. The average Bonchev–Trinajstić information content (AvgIpc) is 2.89. The van der Waals surface area contributed by atoms with Crippen LogP contribution in [0.5, 0.6) is 0 Å². The van der Waals surface area contributed by atoms with Gasteiger partial charge in [-0.25, -0.2) is 0 Å². The molecular weight excluding hydrogens is 264 g/mol. The Balaban J connectivity index is 1.78. The molecular formula is C12H16N4O2S. The number of rotatable bonds is 5. The van der Waals surface area contributed by atoms with Gasteiger partial charge in [0.15, 0.2) is 5.82 Å². The zero-order chi connectivity index (χ0) is 13.8. The molecule has 0 spiro atoms.